The molecule has 1 aromatic carbocycles. The van der Waals surface area contributed by atoms with E-state index in [1.165, 1.54) is 7.11 Å². The molecule has 96 valence electrons. The summed E-state index contributed by atoms with van der Waals surface area (Å²) in [6.07, 6.45) is 0.0247. The van der Waals surface area contributed by atoms with Crippen LogP contribution < -0.4 is 10.5 Å². The molecule has 0 saturated carbocycles. The molecule has 0 aliphatic carbocycles. The standard InChI is InChI=1S/C13H14ClNO3/c1-3-18-13(16)6-4-5-9-7-12(17-2)11(15)8-10(9)14/h7-8H,3,6,15H2,1-2H3. The van der Waals surface area contributed by atoms with Crippen LogP contribution in [0.1, 0.15) is 18.9 Å². The third-order valence-electron chi connectivity index (χ3n) is 2.08. The summed E-state index contributed by atoms with van der Waals surface area (Å²) in [4.78, 5) is 11.1. The van der Waals surface area contributed by atoms with Crippen molar-refractivity contribution in [2.45, 2.75) is 13.3 Å². The molecule has 0 aliphatic heterocycles. The zero-order chi connectivity index (χ0) is 13.5. The molecule has 1 aromatic rings. The van der Waals surface area contributed by atoms with E-state index in [1.54, 1.807) is 19.1 Å². The van der Waals surface area contributed by atoms with E-state index in [9.17, 15) is 4.79 Å². The summed E-state index contributed by atoms with van der Waals surface area (Å²) in [7, 11) is 1.51. The minimum Gasteiger partial charge on any atom is -0.495 e. The Kier molecular flexibility index (Phi) is 5.34. The predicted octanol–water partition coefficient (Wildman–Crippen LogP) is 2.24. The number of nitrogens with two attached hydrogens (primary N) is 1. The highest BCUT2D eigenvalue weighted by atomic mass is 35.5. The zero-order valence-corrected chi connectivity index (χ0v) is 11.0. The lowest BCUT2D eigenvalue weighted by Gasteiger charge is -2.05. The molecule has 0 atom stereocenters. The molecular weight excluding hydrogens is 254 g/mol. The van der Waals surface area contributed by atoms with Crippen LogP contribution in [0.15, 0.2) is 12.1 Å². The normalized spacial score (nSPS) is 9.28. The van der Waals surface area contributed by atoms with Crippen LogP contribution in [-0.4, -0.2) is 19.7 Å². The monoisotopic (exact) mass is 267 g/mol. The van der Waals surface area contributed by atoms with E-state index in [0.29, 0.717) is 28.6 Å². The fraction of sp³-hybridized carbons (Fsp3) is 0.308. The van der Waals surface area contributed by atoms with E-state index < -0.39 is 0 Å². The van der Waals surface area contributed by atoms with E-state index in [4.69, 9.17) is 26.8 Å². The SMILES string of the molecule is CCOC(=O)CC#Cc1cc(OC)c(N)cc1Cl. The Morgan fingerprint density at radius 1 is 1.50 bits per heavy atom. The molecule has 18 heavy (non-hydrogen) atoms. The number of esters is 1. The molecule has 0 spiro atoms. The van der Waals surface area contributed by atoms with Gasteiger partial charge in [-0.1, -0.05) is 23.4 Å². The van der Waals surface area contributed by atoms with Gasteiger partial charge < -0.3 is 15.2 Å². The maximum absolute atomic E-state index is 11.1. The molecule has 0 bridgehead atoms. The number of benzene rings is 1. The quantitative estimate of drug-likeness (QED) is 0.518. The topological polar surface area (TPSA) is 61.5 Å². The molecule has 0 radical (unpaired) electrons. The van der Waals surface area contributed by atoms with Crippen LogP contribution in [0.2, 0.25) is 5.02 Å². The molecule has 5 heteroatoms. The predicted molar refractivity (Wildman–Crippen MR) is 70.5 cm³/mol. The number of nitrogen functional groups attached to an aromatic ring is 1. The summed E-state index contributed by atoms with van der Waals surface area (Å²) in [6.45, 7) is 2.09. The van der Waals surface area contributed by atoms with Gasteiger partial charge in [-0.2, -0.15) is 0 Å². The lowest BCUT2D eigenvalue weighted by atomic mass is 10.2. The lowest BCUT2D eigenvalue weighted by molar-refractivity contribution is -0.141. The zero-order valence-electron chi connectivity index (χ0n) is 10.2. The van der Waals surface area contributed by atoms with Crippen molar-refractivity contribution in [1.29, 1.82) is 0 Å². The second-order valence-corrected chi connectivity index (χ2v) is 3.76. The van der Waals surface area contributed by atoms with Crippen LogP contribution in [-0.2, 0) is 9.53 Å². The van der Waals surface area contributed by atoms with Gasteiger partial charge in [0.2, 0.25) is 0 Å². The van der Waals surface area contributed by atoms with Gasteiger partial charge >= 0.3 is 5.97 Å². The molecular formula is C13H14ClNO3. The van der Waals surface area contributed by atoms with Gasteiger partial charge in [-0.15, -0.1) is 0 Å². The van der Waals surface area contributed by atoms with Crippen LogP contribution in [0.5, 0.6) is 5.75 Å². The van der Waals surface area contributed by atoms with Gasteiger partial charge in [0, 0.05) is 5.56 Å². The number of ether oxygens (including phenoxy) is 2. The number of carbonyl (C=O) groups excluding carboxylic acids is 1. The van der Waals surface area contributed by atoms with E-state index >= 15 is 0 Å². The minimum absolute atomic E-state index is 0.0247. The Hall–Kier alpha value is -1.86. The van der Waals surface area contributed by atoms with Gasteiger partial charge in [0.25, 0.3) is 0 Å². The van der Waals surface area contributed by atoms with Gasteiger partial charge in [-0.05, 0) is 19.1 Å². The van der Waals surface area contributed by atoms with Crippen LogP contribution in [0.25, 0.3) is 0 Å². The van der Waals surface area contributed by atoms with Crippen molar-refractivity contribution in [2.24, 2.45) is 0 Å². The second kappa shape index (κ2) is 6.77. The molecule has 0 heterocycles. The molecule has 1 rings (SSSR count). The summed E-state index contributed by atoms with van der Waals surface area (Å²) >= 11 is 5.98. The van der Waals surface area contributed by atoms with E-state index in [1.807, 2.05) is 0 Å². The molecule has 0 saturated heterocycles. The van der Waals surface area contributed by atoms with Gasteiger partial charge in [0.05, 0.1) is 24.4 Å². The van der Waals surface area contributed by atoms with Gasteiger partial charge in [0.15, 0.2) is 0 Å². The van der Waals surface area contributed by atoms with Crippen molar-refractivity contribution in [3.05, 3.63) is 22.7 Å². The van der Waals surface area contributed by atoms with Crippen molar-refractivity contribution in [2.75, 3.05) is 19.5 Å². The number of hydrogen-bond acceptors (Lipinski definition) is 4. The Bertz CT molecular complexity index is 503. The molecule has 0 aromatic heterocycles. The molecule has 0 fully saturated rings. The first-order valence-corrected chi connectivity index (χ1v) is 5.73. The molecule has 0 unspecified atom stereocenters. The highest BCUT2D eigenvalue weighted by Crippen LogP contribution is 2.28. The number of methoxy groups -OCH3 is 1. The van der Waals surface area contributed by atoms with Gasteiger partial charge in [0.1, 0.15) is 12.2 Å². The molecule has 0 amide bonds. The smallest absolute Gasteiger partial charge is 0.317 e. The fourth-order valence-corrected chi connectivity index (χ4v) is 1.48. The van der Waals surface area contributed by atoms with Crippen LogP contribution >= 0.6 is 11.6 Å². The number of rotatable bonds is 3. The molecule has 0 aliphatic rings. The second-order valence-electron chi connectivity index (χ2n) is 3.36. The highest BCUT2D eigenvalue weighted by Gasteiger charge is 2.05. The maximum atomic E-state index is 11.1. The van der Waals surface area contributed by atoms with Gasteiger partial charge in [-0.25, -0.2) is 0 Å². The fourth-order valence-electron chi connectivity index (χ4n) is 1.26. The summed E-state index contributed by atoms with van der Waals surface area (Å²) in [6, 6.07) is 3.20. The highest BCUT2D eigenvalue weighted by molar-refractivity contribution is 6.32. The van der Waals surface area contributed by atoms with Crippen LogP contribution in [0.3, 0.4) is 0 Å². The van der Waals surface area contributed by atoms with Crippen molar-refractivity contribution in [3.8, 4) is 17.6 Å². The number of anilines is 1. The van der Waals surface area contributed by atoms with Gasteiger partial charge in [-0.3, -0.25) is 4.79 Å². The first kappa shape index (κ1) is 14.2. The third-order valence-corrected chi connectivity index (χ3v) is 2.39. The first-order chi connectivity index (χ1) is 8.58. The maximum Gasteiger partial charge on any atom is 0.317 e. The Balaban J connectivity index is 2.85. The van der Waals surface area contributed by atoms with E-state index in [2.05, 4.69) is 11.8 Å². The summed E-state index contributed by atoms with van der Waals surface area (Å²) in [5.74, 6) is 5.62. The Morgan fingerprint density at radius 2 is 2.22 bits per heavy atom. The van der Waals surface area contributed by atoms with Crippen molar-refractivity contribution in [3.63, 3.8) is 0 Å². The van der Waals surface area contributed by atoms with E-state index in [0.717, 1.165) is 0 Å². The van der Waals surface area contributed by atoms with E-state index in [-0.39, 0.29) is 12.4 Å². The Morgan fingerprint density at radius 3 is 2.83 bits per heavy atom. The Labute approximate surface area is 111 Å². The average Bonchev–Trinajstić information content (AvgIpc) is 2.32. The number of halogens is 1. The summed E-state index contributed by atoms with van der Waals surface area (Å²) in [5.41, 5.74) is 6.69. The van der Waals surface area contributed by atoms with Crippen molar-refractivity contribution >= 4 is 23.3 Å². The van der Waals surface area contributed by atoms with Crippen LogP contribution in [0.4, 0.5) is 5.69 Å². The molecule has 2 N–H and O–H groups in total. The van der Waals surface area contributed by atoms with Crippen LogP contribution in [0, 0.1) is 11.8 Å². The average molecular weight is 268 g/mol. The lowest BCUT2D eigenvalue weighted by Crippen LogP contribution is -2.01. The summed E-state index contributed by atoms with van der Waals surface area (Å²) < 4.78 is 9.82. The van der Waals surface area contributed by atoms with Crippen molar-refractivity contribution < 1.29 is 14.3 Å². The largest absolute Gasteiger partial charge is 0.495 e. The summed E-state index contributed by atoms with van der Waals surface area (Å²) in [5, 5.41) is 0.421. The first-order valence-electron chi connectivity index (χ1n) is 5.36. The van der Waals surface area contributed by atoms with Crippen molar-refractivity contribution in [1.82, 2.24) is 0 Å². The minimum atomic E-state index is -0.358. The third kappa shape index (κ3) is 3.86. The number of carbonyl (C=O) groups is 1. The number of hydrogen-bond donors (Lipinski definition) is 1. The molecule has 4 nitrogen and oxygen atoms in total.